The lowest BCUT2D eigenvalue weighted by Gasteiger charge is -2.30. The van der Waals surface area contributed by atoms with Crippen LogP contribution < -0.4 is 10.6 Å². The summed E-state index contributed by atoms with van der Waals surface area (Å²) in [6.07, 6.45) is 0. The number of nitrogens with zero attached hydrogens (tertiary/aromatic N) is 1. The van der Waals surface area contributed by atoms with Crippen LogP contribution in [0.15, 0.2) is 0 Å². The van der Waals surface area contributed by atoms with E-state index in [0.717, 1.165) is 0 Å². The Morgan fingerprint density at radius 3 is 2.61 bits per heavy atom. The average molecular weight is 257 g/mol. The molecule has 1 aliphatic heterocycles. The number of carbonyl (C=O) groups is 3. The summed E-state index contributed by atoms with van der Waals surface area (Å²) in [7, 11) is 0. The van der Waals surface area contributed by atoms with Gasteiger partial charge in [0.25, 0.3) is 0 Å². The SMILES string of the molecule is CC(C)CN(CC(=O)O)C(=O)C1CNC(=O)CN1. The van der Waals surface area contributed by atoms with Gasteiger partial charge in [0.1, 0.15) is 12.6 Å². The number of aliphatic carboxylic acids is 1. The standard InChI is InChI=1S/C11H19N3O4/c1-7(2)5-14(6-10(16)17)11(18)8-3-13-9(15)4-12-8/h7-8,12H,3-6H2,1-2H3,(H,13,15)(H,16,17). The van der Waals surface area contributed by atoms with Crippen LogP contribution in [0.25, 0.3) is 0 Å². The van der Waals surface area contributed by atoms with E-state index in [4.69, 9.17) is 5.11 Å². The largest absolute Gasteiger partial charge is 0.480 e. The molecule has 0 bridgehead atoms. The van der Waals surface area contributed by atoms with E-state index in [9.17, 15) is 14.4 Å². The Hall–Kier alpha value is -1.63. The molecular formula is C11H19N3O4. The maximum atomic E-state index is 12.1. The number of carbonyl (C=O) groups excluding carboxylic acids is 2. The smallest absolute Gasteiger partial charge is 0.323 e. The third-order valence-corrected chi connectivity index (χ3v) is 2.53. The van der Waals surface area contributed by atoms with E-state index >= 15 is 0 Å². The topological polar surface area (TPSA) is 98.7 Å². The fourth-order valence-electron chi connectivity index (χ4n) is 1.80. The van der Waals surface area contributed by atoms with Gasteiger partial charge in [-0.3, -0.25) is 19.7 Å². The van der Waals surface area contributed by atoms with Crippen LogP contribution >= 0.6 is 0 Å². The molecule has 0 aromatic rings. The number of hydrogen-bond donors (Lipinski definition) is 3. The van der Waals surface area contributed by atoms with Gasteiger partial charge in [-0.2, -0.15) is 0 Å². The molecule has 2 amide bonds. The van der Waals surface area contributed by atoms with Crippen molar-refractivity contribution in [1.82, 2.24) is 15.5 Å². The summed E-state index contributed by atoms with van der Waals surface area (Å²) in [4.78, 5) is 35.1. The summed E-state index contributed by atoms with van der Waals surface area (Å²) >= 11 is 0. The van der Waals surface area contributed by atoms with E-state index < -0.39 is 12.0 Å². The van der Waals surface area contributed by atoms with E-state index in [1.54, 1.807) is 0 Å². The van der Waals surface area contributed by atoms with E-state index in [0.29, 0.717) is 6.54 Å². The molecule has 7 nitrogen and oxygen atoms in total. The average Bonchev–Trinajstić information content (AvgIpc) is 2.27. The van der Waals surface area contributed by atoms with Crippen LogP contribution in [0.3, 0.4) is 0 Å². The van der Waals surface area contributed by atoms with Crippen LogP contribution in [0.5, 0.6) is 0 Å². The highest BCUT2D eigenvalue weighted by Gasteiger charge is 2.29. The van der Waals surface area contributed by atoms with E-state index in [1.165, 1.54) is 4.90 Å². The first-order valence-corrected chi connectivity index (χ1v) is 5.90. The second kappa shape index (κ2) is 6.34. The summed E-state index contributed by atoms with van der Waals surface area (Å²) in [6, 6.07) is -0.541. The van der Waals surface area contributed by atoms with Gasteiger partial charge in [0.05, 0.1) is 6.54 Å². The Morgan fingerprint density at radius 1 is 1.50 bits per heavy atom. The van der Waals surface area contributed by atoms with Crippen molar-refractivity contribution in [2.45, 2.75) is 19.9 Å². The molecule has 18 heavy (non-hydrogen) atoms. The molecule has 1 atom stereocenters. The van der Waals surface area contributed by atoms with E-state index in [1.807, 2.05) is 13.8 Å². The van der Waals surface area contributed by atoms with Crippen LogP contribution in [-0.4, -0.2) is 60.0 Å². The number of piperazine rings is 1. The molecule has 1 rings (SSSR count). The monoisotopic (exact) mass is 257 g/mol. The number of rotatable bonds is 5. The van der Waals surface area contributed by atoms with E-state index in [2.05, 4.69) is 10.6 Å². The van der Waals surface area contributed by atoms with Crippen LogP contribution in [-0.2, 0) is 14.4 Å². The maximum absolute atomic E-state index is 12.1. The highest BCUT2D eigenvalue weighted by molar-refractivity contribution is 5.88. The van der Waals surface area contributed by atoms with Crippen molar-refractivity contribution in [3.8, 4) is 0 Å². The quantitative estimate of drug-likeness (QED) is 0.565. The number of nitrogens with one attached hydrogen (secondary N) is 2. The van der Waals surface area contributed by atoms with Crippen molar-refractivity contribution < 1.29 is 19.5 Å². The van der Waals surface area contributed by atoms with Crippen LogP contribution in [0.1, 0.15) is 13.8 Å². The summed E-state index contributed by atoms with van der Waals surface area (Å²) in [5.41, 5.74) is 0. The summed E-state index contributed by atoms with van der Waals surface area (Å²) in [5, 5.41) is 14.2. The fraction of sp³-hybridized carbons (Fsp3) is 0.727. The minimum atomic E-state index is -1.04. The Bertz CT molecular complexity index is 333. The lowest BCUT2D eigenvalue weighted by Crippen LogP contribution is -2.59. The van der Waals surface area contributed by atoms with Crippen LogP contribution in [0, 0.1) is 5.92 Å². The highest BCUT2D eigenvalue weighted by atomic mass is 16.4. The molecule has 0 aromatic carbocycles. The molecule has 0 spiro atoms. The van der Waals surface area contributed by atoms with Gasteiger partial charge < -0.3 is 15.3 Å². The third kappa shape index (κ3) is 4.33. The predicted octanol–water partition coefficient (Wildman–Crippen LogP) is -1.36. The highest BCUT2D eigenvalue weighted by Crippen LogP contribution is 2.03. The first-order valence-electron chi connectivity index (χ1n) is 5.90. The van der Waals surface area contributed by atoms with Gasteiger partial charge >= 0.3 is 5.97 Å². The molecule has 3 N–H and O–H groups in total. The van der Waals surface area contributed by atoms with Crippen molar-refractivity contribution in [1.29, 1.82) is 0 Å². The van der Waals surface area contributed by atoms with Crippen molar-refractivity contribution >= 4 is 17.8 Å². The molecule has 102 valence electrons. The van der Waals surface area contributed by atoms with Gasteiger partial charge in [0.15, 0.2) is 0 Å². The summed E-state index contributed by atoms with van der Waals surface area (Å²) in [6.45, 7) is 4.18. The van der Waals surface area contributed by atoms with Crippen LogP contribution in [0.2, 0.25) is 0 Å². The summed E-state index contributed by atoms with van der Waals surface area (Å²) in [5.74, 6) is -1.30. The van der Waals surface area contributed by atoms with Crippen molar-refractivity contribution in [2.24, 2.45) is 5.92 Å². The fourth-order valence-corrected chi connectivity index (χ4v) is 1.80. The molecule has 1 fully saturated rings. The predicted molar refractivity (Wildman–Crippen MR) is 63.9 cm³/mol. The molecule has 1 heterocycles. The van der Waals surface area contributed by atoms with Crippen LogP contribution in [0.4, 0.5) is 0 Å². The molecule has 0 aliphatic carbocycles. The van der Waals surface area contributed by atoms with Crippen molar-refractivity contribution in [3.63, 3.8) is 0 Å². The Morgan fingerprint density at radius 2 is 2.17 bits per heavy atom. The first-order chi connectivity index (χ1) is 8.40. The lowest BCUT2D eigenvalue weighted by atomic mass is 10.1. The zero-order valence-electron chi connectivity index (χ0n) is 10.6. The Balaban J connectivity index is 2.62. The van der Waals surface area contributed by atoms with Crippen molar-refractivity contribution in [3.05, 3.63) is 0 Å². The van der Waals surface area contributed by atoms with Gasteiger partial charge in [-0.15, -0.1) is 0 Å². The molecule has 0 saturated carbocycles. The maximum Gasteiger partial charge on any atom is 0.323 e. The van der Waals surface area contributed by atoms with Gasteiger partial charge in [-0.05, 0) is 5.92 Å². The molecular weight excluding hydrogens is 238 g/mol. The number of carboxylic acids is 1. The molecule has 0 radical (unpaired) electrons. The zero-order valence-corrected chi connectivity index (χ0v) is 10.6. The molecule has 1 aliphatic rings. The Labute approximate surface area is 106 Å². The van der Waals surface area contributed by atoms with Crippen molar-refractivity contribution in [2.75, 3.05) is 26.2 Å². The molecule has 7 heteroatoms. The second-order valence-corrected chi connectivity index (χ2v) is 4.74. The minimum absolute atomic E-state index is 0.0823. The number of hydrogen-bond acceptors (Lipinski definition) is 4. The Kier molecular flexibility index (Phi) is 5.08. The van der Waals surface area contributed by atoms with Gasteiger partial charge in [-0.1, -0.05) is 13.8 Å². The third-order valence-electron chi connectivity index (χ3n) is 2.53. The molecule has 1 saturated heterocycles. The van der Waals surface area contributed by atoms with Gasteiger partial charge in [0.2, 0.25) is 11.8 Å². The zero-order chi connectivity index (χ0) is 13.7. The normalized spacial score (nSPS) is 19.5. The van der Waals surface area contributed by atoms with Gasteiger partial charge in [-0.25, -0.2) is 0 Å². The number of carboxylic acid groups (broad SMARTS) is 1. The number of amides is 2. The molecule has 0 aromatic heterocycles. The lowest BCUT2D eigenvalue weighted by molar-refractivity contribution is -0.146. The van der Waals surface area contributed by atoms with Gasteiger partial charge in [0, 0.05) is 13.1 Å². The van der Waals surface area contributed by atoms with E-state index in [-0.39, 0.29) is 37.4 Å². The summed E-state index contributed by atoms with van der Waals surface area (Å²) < 4.78 is 0. The first kappa shape index (κ1) is 14.4. The second-order valence-electron chi connectivity index (χ2n) is 4.74. The minimum Gasteiger partial charge on any atom is -0.480 e. The molecule has 1 unspecified atom stereocenters.